The van der Waals surface area contributed by atoms with Gasteiger partial charge in [-0.2, -0.15) is 0 Å². The fourth-order valence-electron chi connectivity index (χ4n) is 3.40. The Hall–Kier alpha value is -2.62. The summed E-state index contributed by atoms with van der Waals surface area (Å²) in [5.41, 5.74) is 3.72. The number of methoxy groups -OCH3 is 3. The number of phenols is 1. The van der Waals surface area contributed by atoms with Crippen LogP contribution < -0.4 is 14.2 Å². The molecule has 0 aromatic heterocycles. The van der Waals surface area contributed by atoms with Gasteiger partial charge in [-0.05, 0) is 66.1 Å². The molecular formula is C21H24O4. The second-order valence-electron chi connectivity index (χ2n) is 6.32. The van der Waals surface area contributed by atoms with Crippen LogP contribution in [0.15, 0.2) is 36.4 Å². The Balaban J connectivity index is 1.65. The molecule has 4 nitrogen and oxygen atoms in total. The lowest BCUT2D eigenvalue weighted by molar-refractivity contribution is 0.354. The molecular weight excluding hydrogens is 316 g/mol. The summed E-state index contributed by atoms with van der Waals surface area (Å²) >= 11 is 0. The summed E-state index contributed by atoms with van der Waals surface area (Å²) in [6.07, 6.45) is 7.38. The first kappa shape index (κ1) is 17.2. The maximum absolute atomic E-state index is 9.65. The molecule has 0 radical (unpaired) electrons. The van der Waals surface area contributed by atoms with Crippen LogP contribution in [-0.4, -0.2) is 26.4 Å². The van der Waals surface area contributed by atoms with Crippen molar-refractivity contribution in [2.45, 2.75) is 19.3 Å². The Morgan fingerprint density at radius 3 is 2.08 bits per heavy atom. The smallest absolute Gasteiger partial charge is 0.161 e. The summed E-state index contributed by atoms with van der Waals surface area (Å²) in [6.45, 7) is 0. The Morgan fingerprint density at radius 1 is 0.920 bits per heavy atom. The third kappa shape index (κ3) is 3.73. The number of phenolic OH excluding ortho intramolecular Hbond substituents is 1. The molecule has 2 aromatic rings. The van der Waals surface area contributed by atoms with Gasteiger partial charge in [0.25, 0.3) is 0 Å². The number of aromatic hydroxyl groups is 1. The van der Waals surface area contributed by atoms with Crippen LogP contribution in [0.1, 0.15) is 23.1 Å². The molecule has 0 aliphatic heterocycles. The van der Waals surface area contributed by atoms with Crippen LogP contribution in [0.5, 0.6) is 23.0 Å². The number of rotatable bonds is 6. The first-order chi connectivity index (χ1) is 12.1. The van der Waals surface area contributed by atoms with E-state index in [2.05, 4.69) is 24.3 Å². The van der Waals surface area contributed by atoms with Crippen molar-refractivity contribution in [3.63, 3.8) is 0 Å². The van der Waals surface area contributed by atoms with E-state index in [1.165, 1.54) is 11.1 Å². The van der Waals surface area contributed by atoms with Crippen molar-refractivity contribution in [2.24, 2.45) is 5.92 Å². The monoisotopic (exact) mass is 340 g/mol. The largest absolute Gasteiger partial charge is 0.504 e. The Labute approximate surface area is 148 Å². The molecule has 3 rings (SSSR count). The van der Waals surface area contributed by atoms with Gasteiger partial charge in [0.2, 0.25) is 0 Å². The number of fused-ring (bicyclic) bond motifs is 1. The van der Waals surface area contributed by atoms with Gasteiger partial charge in [-0.15, -0.1) is 0 Å². The number of allylic oxidation sites excluding steroid dienone is 1. The highest BCUT2D eigenvalue weighted by Gasteiger charge is 2.23. The molecule has 0 amide bonds. The number of ether oxygens (including phenoxy) is 3. The van der Waals surface area contributed by atoms with Gasteiger partial charge in [0, 0.05) is 0 Å². The molecule has 0 bridgehead atoms. The van der Waals surface area contributed by atoms with Crippen LogP contribution in [0, 0.1) is 5.92 Å². The van der Waals surface area contributed by atoms with Gasteiger partial charge in [-0.3, -0.25) is 0 Å². The van der Waals surface area contributed by atoms with Crippen molar-refractivity contribution in [3.05, 3.63) is 53.1 Å². The van der Waals surface area contributed by atoms with Gasteiger partial charge in [0.05, 0.1) is 21.3 Å². The molecule has 0 atom stereocenters. The molecule has 0 fully saturated rings. The van der Waals surface area contributed by atoms with E-state index in [9.17, 15) is 5.11 Å². The van der Waals surface area contributed by atoms with E-state index < -0.39 is 0 Å². The van der Waals surface area contributed by atoms with Crippen LogP contribution in [0.2, 0.25) is 0 Å². The molecule has 4 heteroatoms. The Morgan fingerprint density at radius 2 is 1.52 bits per heavy atom. The Kier molecular flexibility index (Phi) is 5.17. The van der Waals surface area contributed by atoms with Crippen molar-refractivity contribution in [2.75, 3.05) is 21.3 Å². The van der Waals surface area contributed by atoms with Crippen molar-refractivity contribution in [1.82, 2.24) is 0 Å². The summed E-state index contributed by atoms with van der Waals surface area (Å²) in [5, 5.41) is 9.65. The minimum Gasteiger partial charge on any atom is -0.504 e. The lowest BCUT2D eigenvalue weighted by Crippen LogP contribution is -1.96. The zero-order valence-corrected chi connectivity index (χ0v) is 14.9. The summed E-state index contributed by atoms with van der Waals surface area (Å²) in [5.74, 6) is 2.84. The Bertz CT molecular complexity index is 747. The SMILES string of the molecule is COc1cc(/C=C/CC2Cc3cc(OC)c(OC)cc3C2)ccc1O. The molecule has 0 saturated heterocycles. The van der Waals surface area contributed by atoms with E-state index in [0.29, 0.717) is 11.7 Å². The van der Waals surface area contributed by atoms with E-state index in [4.69, 9.17) is 14.2 Å². The summed E-state index contributed by atoms with van der Waals surface area (Å²) in [4.78, 5) is 0. The maximum atomic E-state index is 9.65. The second-order valence-corrected chi connectivity index (χ2v) is 6.32. The highest BCUT2D eigenvalue weighted by atomic mass is 16.5. The predicted octanol–water partition coefficient (Wildman–Crippen LogP) is 4.24. The summed E-state index contributed by atoms with van der Waals surface area (Å²) < 4.78 is 15.9. The normalized spacial score (nSPS) is 13.9. The first-order valence-corrected chi connectivity index (χ1v) is 8.42. The minimum atomic E-state index is 0.161. The molecule has 0 heterocycles. The van der Waals surface area contributed by atoms with Gasteiger partial charge < -0.3 is 19.3 Å². The van der Waals surface area contributed by atoms with E-state index in [-0.39, 0.29) is 5.75 Å². The third-order valence-electron chi connectivity index (χ3n) is 4.71. The minimum absolute atomic E-state index is 0.161. The van der Waals surface area contributed by atoms with Crippen LogP contribution in [0.25, 0.3) is 6.08 Å². The van der Waals surface area contributed by atoms with Gasteiger partial charge in [0.15, 0.2) is 23.0 Å². The van der Waals surface area contributed by atoms with E-state index >= 15 is 0 Å². The molecule has 1 N–H and O–H groups in total. The first-order valence-electron chi connectivity index (χ1n) is 8.42. The van der Waals surface area contributed by atoms with E-state index in [1.54, 1.807) is 27.4 Å². The lowest BCUT2D eigenvalue weighted by atomic mass is 10.0. The molecule has 0 unspecified atom stereocenters. The van der Waals surface area contributed by atoms with E-state index in [1.807, 2.05) is 12.1 Å². The van der Waals surface area contributed by atoms with Crippen LogP contribution in [0.4, 0.5) is 0 Å². The zero-order valence-electron chi connectivity index (χ0n) is 14.9. The second kappa shape index (κ2) is 7.51. The third-order valence-corrected chi connectivity index (χ3v) is 4.71. The van der Waals surface area contributed by atoms with Crippen molar-refractivity contribution < 1.29 is 19.3 Å². The fourth-order valence-corrected chi connectivity index (χ4v) is 3.40. The molecule has 0 saturated carbocycles. The van der Waals surface area contributed by atoms with Crippen molar-refractivity contribution >= 4 is 6.08 Å². The molecule has 1 aliphatic carbocycles. The van der Waals surface area contributed by atoms with E-state index in [0.717, 1.165) is 36.3 Å². The van der Waals surface area contributed by atoms with Crippen LogP contribution in [-0.2, 0) is 12.8 Å². The molecule has 25 heavy (non-hydrogen) atoms. The van der Waals surface area contributed by atoms with Crippen LogP contribution in [0.3, 0.4) is 0 Å². The van der Waals surface area contributed by atoms with Gasteiger partial charge in [0.1, 0.15) is 0 Å². The molecule has 1 aliphatic rings. The highest BCUT2D eigenvalue weighted by molar-refractivity contribution is 5.55. The maximum Gasteiger partial charge on any atom is 0.161 e. The molecule has 2 aromatic carbocycles. The van der Waals surface area contributed by atoms with Gasteiger partial charge >= 0.3 is 0 Å². The average molecular weight is 340 g/mol. The summed E-state index contributed by atoms with van der Waals surface area (Å²) in [7, 11) is 4.90. The zero-order chi connectivity index (χ0) is 17.8. The topological polar surface area (TPSA) is 47.9 Å². The standard InChI is InChI=1S/C21H24O4/c1-23-19-11-14(7-8-18(19)22)5-4-6-15-9-16-12-20(24-2)21(25-3)13-17(16)10-15/h4-5,7-8,11-13,15,22H,6,9-10H2,1-3H3/b5-4+. The highest BCUT2D eigenvalue weighted by Crippen LogP contribution is 2.37. The molecule has 0 spiro atoms. The van der Waals surface area contributed by atoms with Crippen molar-refractivity contribution in [1.29, 1.82) is 0 Å². The number of benzene rings is 2. The summed E-state index contributed by atoms with van der Waals surface area (Å²) in [6, 6.07) is 9.58. The quantitative estimate of drug-likeness (QED) is 0.854. The van der Waals surface area contributed by atoms with Gasteiger partial charge in [-0.25, -0.2) is 0 Å². The number of hydrogen-bond donors (Lipinski definition) is 1. The lowest BCUT2D eigenvalue weighted by Gasteiger charge is -2.09. The fraction of sp³-hybridized carbons (Fsp3) is 0.333. The van der Waals surface area contributed by atoms with Gasteiger partial charge in [-0.1, -0.05) is 18.2 Å². The molecule has 132 valence electrons. The predicted molar refractivity (Wildman–Crippen MR) is 98.8 cm³/mol. The number of hydrogen-bond acceptors (Lipinski definition) is 4. The van der Waals surface area contributed by atoms with Crippen LogP contribution >= 0.6 is 0 Å². The van der Waals surface area contributed by atoms with Crippen molar-refractivity contribution in [3.8, 4) is 23.0 Å². The average Bonchev–Trinajstić information content (AvgIpc) is 3.03.